The van der Waals surface area contributed by atoms with Crippen LogP contribution in [0.15, 0.2) is 78.9 Å². The van der Waals surface area contributed by atoms with Crippen LogP contribution in [0.3, 0.4) is 0 Å². The van der Waals surface area contributed by atoms with Gasteiger partial charge in [-0.2, -0.15) is 0 Å². The Bertz CT molecular complexity index is 673. The van der Waals surface area contributed by atoms with Crippen molar-refractivity contribution in [3.8, 4) is 22.3 Å². The number of hydrogen-bond donors (Lipinski definition) is 0. The molecule has 1 radical (unpaired) electrons. The molecule has 0 amide bonds. The van der Waals surface area contributed by atoms with Gasteiger partial charge < -0.3 is 0 Å². The SMILES string of the molecule is [SiH2]c1cccc(-c2ccccc2)c1-c1ccccc1. The Balaban J connectivity index is 2.25. The molecular weight excluding hydrogens is 244 g/mol. The quantitative estimate of drug-likeness (QED) is 0.620. The lowest BCUT2D eigenvalue weighted by atomic mass is 9.94. The predicted molar refractivity (Wildman–Crippen MR) is 85.5 cm³/mol. The van der Waals surface area contributed by atoms with E-state index >= 15 is 0 Å². The fraction of sp³-hybridized carbons (Fsp3) is 0. The Kier molecular flexibility index (Phi) is 3.30. The minimum atomic E-state index is 1.27. The van der Waals surface area contributed by atoms with Crippen molar-refractivity contribution >= 4 is 15.4 Å². The van der Waals surface area contributed by atoms with Crippen LogP contribution in [0.4, 0.5) is 0 Å². The van der Waals surface area contributed by atoms with Gasteiger partial charge in [0.15, 0.2) is 0 Å². The summed E-state index contributed by atoms with van der Waals surface area (Å²) in [5.41, 5.74) is 5.20. The normalized spacial score (nSPS) is 10.4. The highest BCUT2D eigenvalue weighted by Gasteiger charge is 2.08. The van der Waals surface area contributed by atoms with Gasteiger partial charge in [-0.3, -0.25) is 0 Å². The van der Waals surface area contributed by atoms with Crippen LogP contribution in [0.1, 0.15) is 0 Å². The van der Waals surface area contributed by atoms with Crippen LogP contribution >= 0.6 is 0 Å². The Morgan fingerprint density at radius 1 is 0.526 bits per heavy atom. The van der Waals surface area contributed by atoms with E-state index in [4.69, 9.17) is 0 Å². The molecular formula is C18H15Si. The van der Waals surface area contributed by atoms with E-state index in [-0.39, 0.29) is 0 Å². The molecule has 0 heterocycles. The fourth-order valence-corrected chi connectivity index (χ4v) is 2.93. The van der Waals surface area contributed by atoms with Crippen LogP contribution in [-0.2, 0) is 0 Å². The molecule has 3 aromatic carbocycles. The largest absolute Gasteiger partial charge is 0.0633 e. The third-order valence-corrected chi connectivity index (χ3v) is 3.89. The van der Waals surface area contributed by atoms with Crippen molar-refractivity contribution in [3.05, 3.63) is 78.9 Å². The molecule has 1 heteroatoms. The van der Waals surface area contributed by atoms with Gasteiger partial charge in [0, 0.05) is 10.2 Å². The highest BCUT2D eigenvalue weighted by atomic mass is 28.1. The molecule has 0 atom stereocenters. The molecule has 0 fully saturated rings. The van der Waals surface area contributed by atoms with Crippen LogP contribution in [0.25, 0.3) is 22.3 Å². The maximum atomic E-state index is 2.20. The summed E-state index contributed by atoms with van der Waals surface area (Å²) < 4.78 is 0. The molecule has 0 unspecified atom stereocenters. The summed E-state index contributed by atoms with van der Waals surface area (Å²) in [7, 11) is 1.95. The Labute approximate surface area is 117 Å². The van der Waals surface area contributed by atoms with Gasteiger partial charge in [-0.25, -0.2) is 0 Å². The standard InChI is InChI=1S/C18H15Si/c19-17-13-7-12-16(14-8-3-1-4-9-14)18(17)15-10-5-2-6-11-15/h1-13H,19H2. The van der Waals surface area contributed by atoms with Gasteiger partial charge in [-0.05, 0) is 22.3 Å². The van der Waals surface area contributed by atoms with E-state index in [1.54, 1.807) is 0 Å². The minimum absolute atomic E-state index is 1.27. The molecule has 0 aliphatic rings. The third-order valence-electron chi connectivity index (χ3n) is 3.30. The van der Waals surface area contributed by atoms with Crippen LogP contribution < -0.4 is 5.19 Å². The van der Waals surface area contributed by atoms with E-state index in [2.05, 4.69) is 78.9 Å². The molecule has 0 aliphatic carbocycles. The minimum Gasteiger partial charge on any atom is -0.0633 e. The first-order chi connectivity index (χ1) is 9.36. The Morgan fingerprint density at radius 3 is 1.74 bits per heavy atom. The first-order valence-corrected chi connectivity index (χ1v) is 7.13. The van der Waals surface area contributed by atoms with Crippen molar-refractivity contribution < 1.29 is 0 Å². The fourth-order valence-electron chi connectivity index (χ4n) is 2.40. The molecule has 0 saturated heterocycles. The maximum Gasteiger partial charge on any atom is 0.0485 e. The summed E-state index contributed by atoms with van der Waals surface area (Å²) >= 11 is 0. The molecule has 91 valence electrons. The van der Waals surface area contributed by atoms with E-state index in [0.29, 0.717) is 0 Å². The van der Waals surface area contributed by atoms with Crippen LogP contribution in [0, 0.1) is 0 Å². The summed E-state index contributed by atoms with van der Waals surface area (Å²) in [5, 5.41) is 1.34. The summed E-state index contributed by atoms with van der Waals surface area (Å²) in [6.45, 7) is 0. The average molecular weight is 259 g/mol. The number of hydrogen-bond acceptors (Lipinski definition) is 0. The molecule has 0 bridgehead atoms. The van der Waals surface area contributed by atoms with Gasteiger partial charge in [0.25, 0.3) is 0 Å². The molecule has 0 aliphatic heterocycles. The topological polar surface area (TPSA) is 0 Å². The second kappa shape index (κ2) is 5.25. The lowest BCUT2D eigenvalue weighted by Crippen LogP contribution is -2.07. The monoisotopic (exact) mass is 259 g/mol. The van der Waals surface area contributed by atoms with Crippen molar-refractivity contribution in [2.75, 3.05) is 0 Å². The first kappa shape index (κ1) is 11.9. The lowest BCUT2D eigenvalue weighted by Gasteiger charge is -2.13. The van der Waals surface area contributed by atoms with Crippen LogP contribution in [0.5, 0.6) is 0 Å². The van der Waals surface area contributed by atoms with Crippen molar-refractivity contribution in [2.24, 2.45) is 0 Å². The van der Waals surface area contributed by atoms with Crippen molar-refractivity contribution in [1.29, 1.82) is 0 Å². The second-order valence-electron chi connectivity index (χ2n) is 4.57. The summed E-state index contributed by atoms with van der Waals surface area (Å²) in [5.74, 6) is 0. The van der Waals surface area contributed by atoms with Gasteiger partial charge in [0.1, 0.15) is 0 Å². The average Bonchev–Trinajstić information content (AvgIpc) is 2.49. The highest BCUT2D eigenvalue weighted by Crippen LogP contribution is 2.29. The van der Waals surface area contributed by atoms with E-state index < -0.39 is 0 Å². The second-order valence-corrected chi connectivity index (χ2v) is 5.33. The molecule has 0 spiro atoms. The highest BCUT2D eigenvalue weighted by molar-refractivity contribution is 6.37. The van der Waals surface area contributed by atoms with E-state index in [1.165, 1.54) is 27.4 Å². The van der Waals surface area contributed by atoms with Gasteiger partial charge >= 0.3 is 0 Å². The van der Waals surface area contributed by atoms with Crippen molar-refractivity contribution in [1.82, 2.24) is 0 Å². The van der Waals surface area contributed by atoms with E-state index in [9.17, 15) is 0 Å². The number of rotatable bonds is 2. The van der Waals surface area contributed by atoms with Crippen molar-refractivity contribution in [2.45, 2.75) is 0 Å². The molecule has 0 aromatic heterocycles. The van der Waals surface area contributed by atoms with Gasteiger partial charge in [-0.15, -0.1) is 0 Å². The summed E-state index contributed by atoms with van der Waals surface area (Å²) in [6.07, 6.45) is 0. The molecule has 3 rings (SSSR count). The lowest BCUT2D eigenvalue weighted by molar-refractivity contribution is 1.60. The van der Waals surface area contributed by atoms with Gasteiger partial charge in [0.2, 0.25) is 0 Å². The number of benzene rings is 3. The van der Waals surface area contributed by atoms with Crippen molar-refractivity contribution in [3.63, 3.8) is 0 Å². The zero-order chi connectivity index (χ0) is 13.1. The molecule has 0 N–H and O–H groups in total. The van der Waals surface area contributed by atoms with Crippen LogP contribution in [0.2, 0.25) is 0 Å². The summed E-state index contributed by atoms with van der Waals surface area (Å²) in [4.78, 5) is 0. The smallest absolute Gasteiger partial charge is 0.0485 e. The predicted octanol–water partition coefficient (Wildman–Crippen LogP) is 3.28. The Hall–Kier alpha value is -2.12. The third kappa shape index (κ3) is 2.38. The summed E-state index contributed by atoms with van der Waals surface area (Å²) in [6, 6.07) is 27.7. The van der Waals surface area contributed by atoms with E-state index in [0.717, 1.165) is 0 Å². The van der Waals surface area contributed by atoms with Gasteiger partial charge in [-0.1, -0.05) is 84.0 Å². The molecule has 3 aromatic rings. The molecule has 0 saturated carbocycles. The first-order valence-electron chi connectivity index (χ1n) is 6.42. The zero-order valence-corrected chi connectivity index (χ0v) is 12.1. The van der Waals surface area contributed by atoms with Crippen LogP contribution in [-0.4, -0.2) is 10.2 Å². The zero-order valence-electron chi connectivity index (χ0n) is 10.7. The Morgan fingerprint density at radius 2 is 1.11 bits per heavy atom. The van der Waals surface area contributed by atoms with E-state index in [1.807, 2.05) is 10.2 Å². The maximum absolute atomic E-state index is 2.20. The molecule has 19 heavy (non-hydrogen) atoms. The molecule has 0 nitrogen and oxygen atoms in total. The van der Waals surface area contributed by atoms with Gasteiger partial charge in [0.05, 0.1) is 0 Å².